The molecule has 18 heavy (non-hydrogen) atoms. The van der Waals surface area contributed by atoms with E-state index in [2.05, 4.69) is 28.8 Å². The molecule has 1 fully saturated rings. The van der Waals surface area contributed by atoms with Crippen LogP contribution in [-0.4, -0.2) is 42.6 Å². The summed E-state index contributed by atoms with van der Waals surface area (Å²) in [5, 5.41) is 0.648. The van der Waals surface area contributed by atoms with Gasteiger partial charge in [0.15, 0.2) is 0 Å². The van der Waals surface area contributed by atoms with Crippen molar-refractivity contribution in [2.24, 2.45) is 0 Å². The molecule has 0 saturated carbocycles. The zero-order valence-electron chi connectivity index (χ0n) is 10.9. The molecule has 2 rings (SSSR count). The fourth-order valence-electron chi connectivity index (χ4n) is 2.34. The van der Waals surface area contributed by atoms with Crippen LogP contribution in [0.5, 0.6) is 0 Å². The molecule has 1 unspecified atom stereocenters. The SMILES string of the molecule is CCC1CN(c2ccc(Cl)c(CCl)n2)CCN1C. The number of rotatable bonds is 3. The fourth-order valence-corrected chi connectivity index (χ4v) is 2.78. The van der Waals surface area contributed by atoms with E-state index in [0.717, 1.165) is 37.6 Å². The summed E-state index contributed by atoms with van der Waals surface area (Å²) in [7, 11) is 2.19. The van der Waals surface area contributed by atoms with Crippen molar-refractivity contribution in [1.82, 2.24) is 9.88 Å². The van der Waals surface area contributed by atoms with Crippen LogP contribution in [0.2, 0.25) is 5.02 Å². The number of anilines is 1. The quantitative estimate of drug-likeness (QED) is 0.797. The number of halogens is 2. The topological polar surface area (TPSA) is 19.4 Å². The van der Waals surface area contributed by atoms with Gasteiger partial charge in [-0.05, 0) is 25.6 Å². The molecule has 0 spiro atoms. The highest BCUT2D eigenvalue weighted by atomic mass is 35.5. The van der Waals surface area contributed by atoms with Crippen molar-refractivity contribution in [3.05, 3.63) is 22.8 Å². The zero-order valence-corrected chi connectivity index (χ0v) is 12.4. The van der Waals surface area contributed by atoms with Gasteiger partial charge in [0.05, 0.1) is 16.6 Å². The molecule has 1 aromatic heterocycles. The third-order valence-electron chi connectivity index (χ3n) is 3.60. The Labute approximate surface area is 119 Å². The molecule has 0 N–H and O–H groups in total. The Morgan fingerprint density at radius 3 is 2.83 bits per heavy atom. The normalized spacial score (nSPS) is 21.3. The minimum absolute atomic E-state index is 0.359. The van der Waals surface area contributed by atoms with Crippen LogP contribution >= 0.6 is 23.2 Å². The molecule has 100 valence electrons. The van der Waals surface area contributed by atoms with Gasteiger partial charge in [-0.1, -0.05) is 18.5 Å². The molecule has 0 aromatic carbocycles. The first kappa shape index (κ1) is 13.9. The van der Waals surface area contributed by atoms with Gasteiger partial charge >= 0.3 is 0 Å². The van der Waals surface area contributed by atoms with Gasteiger partial charge in [0.2, 0.25) is 0 Å². The Kier molecular flexibility index (Phi) is 4.71. The van der Waals surface area contributed by atoms with E-state index in [0.29, 0.717) is 16.9 Å². The molecule has 0 aliphatic carbocycles. The molecular formula is C13H19Cl2N3. The Balaban J connectivity index is 2.16. The van der Waals surface area contributed by atoms with Gasteiger partial charge in [-0.15, -0.1) is 11.6 Å². The lowest BCUT2D eigenvalue weighted by molar-refractivity contribution is 0.213. The van der Waals surface area contributed by atoms with E-state index in [-0.39, 0.29) is 0 Å². The van der Waals surface area contributed by atoms with Crippen molar-refractivity contribution in [2.75, 3.05) is 31.6 Å². The van der Waals surface area contributed by atoms with Gasteiger partial charge in [-0.3, -0.25) is 4.90 Å². The second-order valence-electron chi connectivity index (χ2n) is 4.72. The third-order valence-corrected chi connectivity index (χ3v) is 4.20. The number of hydrogen-bond acceptors (Lipinski definition) is 3. The summed E-state index contributed by atoms with van der Waals surface area (Å²) in [6.07, 6.45) is 1.16. The van der Waals surface area contributed by atoms with Crippen LogP contribution < -0.4 is 4.90 Å². The maximum atomic E-state index is 6.04. The third kappa shape index (κ3) is 2.90. The number of piperazine rings is 1. The van der Waals surface area contributed by atoms with Crippen molar-refractivity contribution in [2.45, 2.75) is 25.3 Å². The van der Waals surface area contributed by atoms with E-state index in [1.54, 1.807) is 0 Å². The lowest BCUT2D eigenvalue weighted by Gasteiger charge is -2.39. The molecule has 5 heteroatoms. The summed E-state index contributed by atoms with van der Waals surface area (Å²) >= 11 is 11.9. The number of nitrogens with zero attached hydrogens (tertiary/aromatic N) is 3. The second-order valence-corrected chi connectivity index (χ2v) is 5.39. The molecule has 1 atom stereocenters. The predicted molar refractivity (Wildman–Crippen MR) is 77.7 cm³/mol. The molecular weight excluding hydrogens is 269 g/mol. The van der Waals surface area contributed by atoms with Crippen molar-refractivity contribution in [3.63, 3.8) is 0 Å². The van der Waals surface area contributed by atoms with E-state index in [1.807, 2.05) is 12.1 Å². The number of likely N-dealkylation sites (N-methyl/N-ethyl adjacent to an activating group) is 1. The number of alkyl halides is 1. The maximum absolute atomic E-state index is 6.04. The number of pyridine rings is 1. The van der Waals surface area contributed by atoms with E-state index < -0.39 is 0 Å². The van der Waals surface area contributed by atoms with E-state index in [9.17, 15) is 0 Å². The minimum Gasteiger partial charge on any atom is -0.354 e. The first-order chi connectivity index (χ1) is 8.65. The Morgan fingerprint density at radius 2 is 2.17 bits per heavy atom. The lowest BCUT2D eigenvalue weighted by atomic mass is 10.1. The second kappa shape index (κ2) is 6.09. The van der Waals surface area contributed by atoms with Crippen molar-refractivity contribution in [1.29, 1.82) is 0 Å². The smallest absolute Gasteiger partial charge is 0.129 e. The lowest BCUT2D eigenvalue weighted by Crippen LogP contribution is -2.51. The van der Waals surface area contributed by atoms with Gasteiger partial charge in [0.25, 0.3) is 0 Å². The van der Waals surface area contributed by atoms with Gasteiger partial charge in [0.1, 0.15) is 5.82 Å². The number of hydrogen-bond donors (Lipinski definition) is 0. The van der Waals surface area contributed by atoms with Crippen molar-refractivity contribution < 1.29 is 0 Å². The summed E-state index contributed by atoms with van der Waals surface area (Å²) < 4.78 is 0. The summed E-state index contributed by atoms with van der Waals surface area (Å²) in [5.74, 6) is 1.35. The molecule has 1 aliphatic heterocycles. The first-order valence-corrected chi connectivity index (χ1v) is 7.23. The summed E-state index contributed by atoms with van der Waals surface area (Å²) in [6.45, 7) is 5.32. The maximum Gasteiger partial charge on any atom is 0.129 e. The van der Waals surface area contributed by atoms with Crippen LogP contribution in [0.25, 0.3) is 0 Å². The Bertz CT molecular complexity index is 411. The highest BCUT2D eigenvalue weighted by Gasteiger charge is 2.23. The van der Waals surface area contributed by atoms with Crippen LogP contribution in [0.15, 0.2) is 12.1 Å². The Hall–Kier alpha value is -0.510. The molecule has 0 radical (unpaired) electrons. The van der Waals surface area contributed by atoms with Crippen LogP contribution in [0.4, 0.5) is 5.82 Å². The van der Waals surface area contributed by atoms with E-state index >= 15 is 0 Å². The molecule has 1 aromatic rings. The van der Waals surface area contributed by atoms with Gasteiger partial charge in [-0.2, -0.15) is 0 Å². The van der Waals surface area contributed by atoms with Gasteiger partial charge < -0.3 is 4.90 Å². The summed E-state index contributed by atoms with van der Waals surface area (Å²) in [4.78, 5) is 9.28. The molecule has 3 nitrogen and oxygen atoms in total. The van der Waals surface area contributed by atoms with Gasteiger partial charge in [0, 0.05) is 25.7 Å². The Morgan fingerprint density at radius 1 is 1.39 bits per heavy atom. The standard InChI is InChI=1S/C13H19Cl2N3/c1-3-10-9-18(7-6-17(10)2)13-5-4-11(15)12(8-14)16-13/h4-5,10H,3,6-9H2,1-2H3. The molecule has 0 bridgehead atoms. The largest absolute Gasteiger partial charge is 0.354 e. The fraction of sp³-hybridized carbons (Fsp3) is 0.615. The average molecular weight is 288 g/mol. The van der Waals surface area contributed by atoms with Crippen LogP contribution in [0.3, 0.4) is 0 Å². The molecule has 0 amide bonds. The van der Waals surface area contributed by atoms with Crippen molar-refractivity contribution in [3.8, 4) is 0 Å². The zero-order chi connectivity index (χ0) is 13.1. The van der Waals surface area contributed by atoms with E-state index in [4.69, 9.17) is 23.2 Å². The monoisotopic (exact) mass is 287 g/mol. The van der Waals surface area contributed by atoms with Crippen LogP contribution in [0.1, 0.15) is 19.0 Å². The van der Waals surface area contributed by atoms with Crippen molar-refractivity contribution >= 4 is 29.0 Å². The van der Waals surface area contributed by atoms with Gasteiger partial charge in [-0.25, -0.2) is 4.98 Å². The number of aromatic nitrogens is 1. The average Bonchev–Trinajstić information content (AvgIpc) is 2.40. The highest BCUT2D eigenvalue weighted by molar-refractivity contribution is 6.32. The predicted octanol–water partition coefficient (Wildman–Crippen LogP) is 3.00. The molecule has 2 heterocycles. The molecule has 1 saturated heterocycles. The molecule has 1 aliphatic rings. The van der Waals surface area contributed by atoms with Crippen LogP contribution in [0, 0.1) is 0 Å². The highest BCUT2D eigenvalue weighted by Crippen LogP contribution is 2.23. The minimum atomic E-state index is 0.359. The first-order valence-electron chi connectivity index (χ1n) is 6.32. The van der Waals surface area contributed by atoms with E-state index in [1.165, 1.54) is 0 Å². The summed E-state index contributed by atoms with van der Waals surface area (Å²) in [6, 6.07) is 4.47. The summed E-state index contributed by atoms with van der Waals surface area (Å²) in [5.41, 5.74) is 0.766. The van der Waals surface area contributed by atoms with Crippen LogP contribution in [-0.2, 0) is 5.88 Å².